The predicted molar refractivity (Wildman–Crippen MR) is 87.8 cm³/mol. The van der Waals surface area contributed by atoms with Crippen molar-refractivity contribution in [1.82, 2.24) is 0 Å². The monoisotopic (exact) mass is 299 g/mol. The zero-order chi connectivity index (χ0) is 14.9. The normalized spacial score (nSPS) is 21.4. The van der Waals surface area contributed by atoms with E-state index >= 15 is 0 Å². The molecule has 0 amide bonds. The molecule has 0 saturated carbocycles. The number of halogens is 1. The van der Waals surface area contributed by atoms with Gasteiger partial charge in [0, 0.05) is 17.2 Å². The third-order valence-corrected chi connectivity index (χ3v) is 4.12. The van der Waals surface area contributed by atoms with Crippen molar-refractivity contribution >= 4 is 17.3 Å². The highest BCUT2D eigenvalue weighted by Crippen LogP contribution is 2.37. The zero-order valence-electron chi connectivity index (χ0n) is 12.3. The summed E-state index contributed by atoms with van der Waals surface area (Å²) in [6, 6.07) is 16.6. The summed E-state index contributed by atoms with van der Waals surface area (Å²) in [6.07, 6.45) is 0. The molecule has 0 saturated heterocycles. The van der Waals surface area contributed by atoms with Crippen LogP contribution in [0.25, 0.3) is 11.1 Å². The van der Waals surface area contributed by atoms with Gasteiger partial charge in [-0.1, -0.05) is 48.5 Å². The number of benzene rings is 2. The van der Waals surface area contributed by atoms with Gasteiger partial charge in [-0.2, -0.15) is 0 Å². The maximum absolute atomic E-state index is 5.92. The van der Waals surface area contributed by atoms with Gasteiger partial charge < -0.3 is 4.74 Å². The number of nitrogens with zero attached hydrogens (tertiary/aromatic N) is 1. The van der Waals surface area contributed by atoms with Crippen LogP contribution < -0.4 is 0 Å². The van der Waals surface area contributed by atoms with Crippen LogP contribution in [0.3, 0.4) is 0 Å². The molecule has 1 unspecified atom stereocenters. The van der Waals surface area contributed by atoms with Gasteiger partial charge in [-0.3, -0.25) is 4.99 Å². The summed E-state index contributed by atoms with van der Waals surface area (Å²) in [5.41, 5.74) is 4.97. The third-order valence-electron chi connectivity index (χ3n) is 3.81. The molecule has 2 nitrogen and oxygen atoms in total. The average Bonchev–Trinajstić information content (AvgIpc) is 2.88. The summed E-state index contributed by atoms with van der Waals surface area (Å²) < 4.78 is 5.92. The highest BCUT2D eigenvalue weighted by molar-refractivity contribution is 6.17. The van der Waals surface area contributed by atoms with E-state index in [1.54, 1.807) is 0 Å². The lowest BCUT2D eigenvalue weighted by atomic mass is 9.93. The molecule has 0 aromatic heterocycles. The van der Waals surface area contributed by atoms with E-state index in [9.17, 15) is 0 Å². The van der Waals surface area contributed by atoms with Gasteiger partial charge in [0.25, 0.3) is 0 Å². The Labute approximate surface area is 130 Å². The number of ether oxygens (including phenoxy) is 1. The van der Waals surface area contributed by atoms with Crippen LogP contribution in [-0.4, -0.2) is 12.3 Å². The van der Waals surface area contributed by atoms with E-state index in [4.69, 9.17) is 16.3 Å². The van der Waals surface area contributed by atoms with Crippen LogP contribution in [0.15, 0.2) is 53.5 Å². The number of alkyl halides is 1. The van der Waals surface area contributed by atoms with Gasteiger partial charge >= 0.3 is 0 Å². The van der Waals surface area contributed by atoms with Crippen molar-refractivity contribution in [2.24, 2.45) is 4.99 Å². The first kappa shape index (κ1) is 14.3. The first-order valence-electron chi connectivity index (χ1n) is 7.06. The highest BCUT2D eigenvalue weighted by atomic mass is 35.5. The van der Waals surface area contributed by atoms with Gasteiger partial charge in [-0.25, -0.2) is 0 Å². The second-order valence-electron chi connectivity index (χ2n) is 5.49. The molecule has 108 valence electrons. The standard InChI is InChI=1S/C18H18ClNO/c1-13-12-21-18(2,20-13)17-6-4-3-5-16(17)15-9-7-14(11-19)8-10-15/h3-10H,11-12H2,1-2H3. The summed E-state index contributed by atoms with van der Waals surface area (Å²) in [6.45, 7) is 4.62. The van der Waals surface area contributed by atoms with Gasteiger partial charge in [-0.15, -0.1) is 11.6 Å². The first-order chi connectivity index (χ1) is 10.1. The molecule has 1 aliphatic heterocycles. The molecule has 0 fully saturated rings. The van der Waals surface area contributed by atoms with Crippen LogP contribution in [0, 0.1) is 0 Å². The van der Waals surface area contributed by atoms with Crippen molar-refractivity contribution in [3.63, 3.8) is 0 Å². The minimum atomic E-state index is -0.591. The Morgan fingerprint density at radius 3 is 2.48 bits per heavy atom. The first-order valence-corrected chi connectivity index (χ1v) is 7.60. The molecule has 2 aromatic carbocycles. The molecule has 0 bridgehead atoms. The van der Waals surface area contributed by atoms with Crippen molar-refractivity contribution in [2.75, 3.05) is 6.61 Å². The van der Waals surface area contributed by atoms with Crippen molar-refractivity contribution in [3.8, 4) is 11.1 Å². The average molecular weight is 300 g/mol. The lowest BCUT2D eigenvalue weighted by molar-refractivity contribution is 0.0129. The fourth-order valence-corrected chi connectivity index (χ4v) is 2.90. The maximum Gasteiger partial charge on any atom is 0.183 e. The Morgan fingerprint density at radius 1 is 1.14 bits per heavy atom. The number of aliphatic imine (C=N–C) groups is 1. The van der Waals surface area contributed by atoms with Crippen molar-refractivity contribution in [1.29, 1.82) is 0 Å². The molecule has 0 spiro atoms. The Balaban J connectivity index is 2.07. The van der Waals surface area contributed by atoms with Crippen LogP contribution in [0.2, 0.25) is 0 Å². The molecule has 0 aliphatic carbocycles. The molecule has 2 aromatic rings. The highest BCUT2D eigenvalue weighted by Gasteiger charge is 2.33. The van der Waals surface area contributed by atoms with Crippen LogP contribution in [0.1, 0.15) is 25.0 Å². The summed E-state index contributed by atoms with van der Waals surface area (Å²) in [5.74, 6) is 0.534. The zero-order valence-corrected chi connectivity index (χ0v) is 13.0. The van der Waals surface area contributed by atoms with Gasteiger partial charge in [0.2, 0.25) is 0 Å². The molecule has 0 radical (unpaired) electrons. The lowest BCUT2D eigenvalue weighted by Gasteiger charge is -2.24. The lowest BCUT2D eigenvalue weighted by Crippen LogP contribution is -2.20. The van der Waals surface area contributed by atoms with Gasteiger partial charge in [0.15, 0.2) is 5.72 Å². The van der Waals surface area contributed by atoms with Crippen molar-refractivity contribution in [2.45, 2.75) is 25.5 Å². The second-order valence-corrected chi connectivity index (χ2v) is 5.76. The quantitative estimate of drug-likeness (QED) is 0.749. The van der Waals surface area contributed by atoms with Gasteiger partial charge in [-0.05, 0) is 30.5 Å². The van der Waals surface area contributed by atoms with E-state index in [0.717, 1.165) is 28.0 Å². The Hall–Kier alpha value is -1.64. The fraction of sp³-hybridized carbons (Fsp3) is 0.278. The van der Waals surface area contributed by atoms with E-state index in [1.807, 2.05) is 26.0 Å². The largest absolute Gasteiger partial charge is 0.344 e. The maximum atomic E-state index is 5.92. The molecular formula is C18H18ClNO. The number of hydrogen-bond acceptors (Lipinski definition) is 2. The summed E-state index contributed by atoms with van der Waals surface area (Å²) >= 11 is 5.86. The van der Waals surface area contributed by atoms with Crippen LogP contribution in [0.5, 0.6) is 0 Å². The van der Waals surface area contributed by atoms with Crippen LogP contribution >= 0.6 is 11.6 Å². The summed E-state index contributed by atoms with van der Waals surface area (Å²) in [4.78, 5) is 4.68. The molecular weight excluding hydrogens is 282 g/mol. The number of rotatable bonds is 3. The van der Waals surface area contributed by atoms with E-state index in [-0.39, 0.29) is 0 Å². The second kappa shape index (κ2) is 5.63. The van der Waals surface area contributed by atoms with Crippen molar-refractivity contribution in [3.05, 3.63) is 59.7 Å². The third kappa shape index (κ3) is 2.74. The summed E-state index contributed by atoms with van der Waals surface area (Å²) in [7, 11) is 0. The molecule has 0 N–H and O–H groups in total. The Bertz CT molecular complexity index is 678. The van der Waals surface area contributed by atoms with Gasteiger partial charge in [0.05, 0.1) is 6.61 Å². The minimum Gasteiger partial charge on any atom is -0.344 e. The Kier molecular flexibility index (Phi) is 3.83. The van der Waals surface area contributed by atoms with Crippen LogP contribution in [-0.2, 0) is 16.3 Å². The van der Waals surface area contributed by atoms with Crippen LogP contribution in [0.4, 0.5) is 0 Å². The Morgan fingerprint density at radius 2 is 1.86 bits per heavy atom. The predicted octanol–water partition coefficient (Wildman–Crippen LogP) is 4.76. The molecule has 1 aliphatic rings. The minimum absolute atomic E-state index is 0.534. The molecule has 1 heterocycles. The smallest absolute Gasteiger partial charge is 0.183 e. The molecule has 1 atom stereocenters. The van der Waals surface area contributed by atoms with Crippen molar-refractivity contribution < 1.29 is 4.74 Å². The SMILES string of the molecule is CC1=NC(C)(c2ccccc2-c2ccc(CCl)cc2)OC1. The fourth-order valence-electron chi connectivity index (χ4n) is 2.72. The van der Waals surface area contributed by atoms with Gasteiger partial charge in [0.1, 0.15) is 0 Å². The van der Waals surface area contributed by atoms with E-state index in [0.29, 0.717) is 12.5 Å². The van der Waals surface area contributed by atoms with E-state index in [1.165, 1.54) is 0 Å². The topological polar surface area (TPSA) is 21.6 Å². The summed E-state index contributed by atoms with van der Waals surface area (Å²) in [5, 5.41) is 0. The van der Waals surface area contributed by atoms with E-state index < -0.39 is 5.72 Å². The number of hydrogen-bond donors (Lipinski definition) is 0. The van der Waals surface area contributed by atoms with E-state index in [2.05, 4.69) is 41.4 Å². The molecule has 21 heavy (non-hydrogen) atoms. The molecule has 3 heteroatoms. The molecule has 3 rings (SSSR count).